The standard InChI is InChI=1S/C63H120O5/c1-4-7-10-13-16-19-22-25-28-30-31-32-33-34-36-39-42-45-48-51-54-57-63(65)68-60-61(66-58-55-52-49-46-43-40-37-29-26-23-20-17-14-11-8-5-2)59-67-62(64)56-53-50-47-44-41-38-35-27-24-21-18-15-12-9-6-3/h18,21,27,35,61H,4-17,19-20,22-26,28-34,36-60H2,1-3H3/b21-18-,35-27-/t61-/m1/s1. The number of carbonyl (C=O) groups is 2. The number of allylic oxidation sites excluding steroid dienone is 4. The average Bonchev–Trinajstić information content (AvgIpc) is 3.34. The van der Waals surface area contributed by atoms with Crippen molar-refractivity contribution in [3.63, 3.8) is 0 Å². The third kappa shape index (κ3) is 57.0. The molecule has 0 aliphatic carbocycles. The van der Waals surface area contributed by atoms with E-state index in [-0.39, 0.29) is 25.2 Å². The molecule has 0 spiro atoms. The lowest BCUT2D eigenvalue weighted by Gasteiger charge is -2.18. The van der Waals surface area contributed by atoms with Gasteiger partial charge in [-0.1, -0.05) is 302 Å². The summed E-state index contributed by atoms with van der Waals surface area (Å²) in [5.74, 6) is -0.326. The Morgan fingerprint density at radius 3 is 0.882 bits per heavy atom. The second kappa shape index (κ2) is 59.7. The van der Waals surface area contributed by atoms with Crippen molar-refractivity contribution in [1.29, 1.82) is 0 Å². The molecule has 0 rings (SSSR count). The number of unbranched alkanes of at least 4 members (excludes halogenated alkanes) is 43. The first-order valence-corrected chi connectivity index (χ1v) is 30.9. The molecule has 0 aromatic rings. The molecule has 0 amide bonds. The van der Waals surface area contributed by atoms with Crippen LogP contribution in [0, 0.1) is 0 Å². The van der Waals surface area contributed by atoms with Crippen LogP contribution in [-0.4, -0.2) is 37.9 Å². The van der Waals surface area contributed by atoms with Gasteiger partial charge in [0.1, 0.15) is 19.3 Å². The zero-order chi connectivity index (χ0) is 49.2. The Balaban J connectivity index is 4.18. The summed E-state index contributed by atoms with van der Waals surface area (Å²) in [6, 6.07) is 0. The highest BCUT2D eigenvalue weighted by atomic mass is 16.6. The molecule has 5 heteroatoms. The summed E-state index contributed by atoms with van der Waals surface area (Å²) < 4.78 is 17.5. The predicted molar refractivity (Wildman–Crippen MR) is 298 cm³/mol. The van der Waals surface area contributed by atoms with Gasteiger partial charge >= 0.3 is 11.9 Å². The van der Waals surface area contributed by atoms with Crippen molar-refractivity contribution in [1.82, 2.24) is 0 Å². The van der Waals surface area contributed by atoms with E-state index in [1.807, 2.05) is 0 Å². The van der Waals surface area contributed by atoms with Gasteiger partial charge < -0.3 is 14.2 Å². The maximum atomic E-state index is 12.7. The van der Waals surface area contributed by atoms with Crippen LogP contribution in [0.1, 0.15) is 342 Å². The van der Waals surface area contributed by atoms with E-state index in [1.165, 1.54) is 250 Å². The largest absolute Gasteiger partial charge is 0.463 e. The van der Waals surface area contributed by atoms with Crippen LogP contribution in [0.2, 0.25) is 0 Å². The molecule has 0 heterocycles. The molecule has 5 nitrogen and oxygen atoms in total. The van der Waals surface area contributed by atoms with E-state index in [4.69, 9.17) is 14.2 Å². The molecule has 1 atom stereocenters. The zero-order valence-corrected chi connectivity index (χ0v) is 46.4. The van der Waals surface area contributed by atoms with Crippen molar-refractivity contribution in [3.8, 4) is 0 Å². The van der Waals surface area contributed by atoms with Gasteiger partial charge in [-0.05, 0) is 51.4 Å². The first kappa shape index (κ1) is 66.4. The monoisotopic (exact) mass is 957 g/mol. The summed E-state index contributed by atoms with van der Waals surface area (Å²) in [6.07, 6.45) is 72.3. The fraction of sp³-hybridized carbons (Fsp3) is 0.905. The highest BCUT2D eigenvalue weighted by Gasteiger charge is 2.16. The molecule has 0 saturated carbocycles. The summed E-state index contributed by atoms with van der Waals surface area (Å²) >= 11 is 0. The fourth-order valence-corrected chi connectivity index (χ4v) is 9.34. The Morgan fingerprint density at radius 1 is 0.309 bits per heavy atom. The Hall–Kier alpha value is -1.62. The molecule has 0 unspecified atom stereocenters. The lowest BCUT2D eigenvalue weighted by atomic mass is 10.0. The van der Waals surface area contributed by atoms with Crippen LogP contribution in [0.25, 0.3) is 0 Å². The van der Waals surface area contributed by atoms with Crippen LogP contribution in [0.15, 0.2) is 24.3 Å². The second-order valence-corrected chi connectivity index (χ2v) is 21.0. The minimum absolute atomic E-state index is 0.157. The van der Waals surface area contributed by atoms with Crippen LogP contribution in [0.4, 0.5) is 0 Å². The molecule has 0 aromatic carbocycles. The first-order valence-electron chi connectivity index (χ1n) is 30.9. The topological polar surface area (TPSA) is 61.8 Å². The van der Waals surface area contributed by atoms with Gasteiger partial charge in [-0.3, -0.25) is 9.59 Å². The van der Waals surface area contributed by atoms with Gasteiger partial charge in [0.15, 0.2) is 0 Å². The maximum absolute atomic E-state index is 12.7. The Kier molecular flexibility index (Phi) is 58.3. The van der Waals surface area contributed by atoms with Gasteiger partial charge in [-0.25, -0.2) is 0 Å². The SMILES string of the molecule is CCCCC/C=C\C/C=C\CCCCCCCC(=O)OC[C@H](COC(=O)CCCCCCCCCCCCCCCCCCCCCCC)OCCCCCCCCCCCCCCCCCC. The van der Waals surface area contributed by atoms with E-state index in [9.17, 15) is 9.59 Å². The highest BCUT2D eigenvalue weighted by Crippen LogP contribution is 2.17. The summed E-state index contributed by atoms with van der Waals surface area (Å²) in [4.78, 5) is 25.4. The van der Waals surface area contributed by atoms with Gasteiger partial charge in [-0.2, -0.15) is 0 Å². The first-order chi connectivity index (χ1) is 33.6. The molecule has 0 radical (unpaired) electrons. The van der Waals surface area contributed by atoms with Crippen LogP contribution in [0.3, 0.4) is 0 Å². The second-order valence-electron chi connectivity index (χ2n) is 21.0. The molecule has 402 valence electrons. The normalized spacial score (nSPS) is 12.2. The molecule has 0 aliphatic heterocycles. The number of ether oxygens (including phenoxy) is 3. The molecule has 0 N–H and O–H groups in total. The summed E-state index contributed by atoms with van der Waals surface area (Å²) in [6.45, 7) is 7.77. The quantitative estimate of drug-likeness (QED) is 0.0345. The van der Waals surface area contributed by atoms with Crippen molar-refractivity contribution >= 4 is 11.9 Å². The van der Waals surface area contributed by atoms with Crippen molar-refractivity contribution in [2.24, 2.45) is 0 Å². The van der Waals surface area contributed by atoms with Crippen molar-refractivity contribution in [2.45, 2.75) is 348 Å². The molecular formula is C63H120O5. The number of hydrogen-bond acceptors (Lipinski definition) is 5. The van der Waals surface area contributed by atoms with E-state index in [0.29, 0.717) is 19.4 Å². The zero-order valence-electron chi connectivity index (χ0n) is 46.4. The van der Waals surface area contributed by atoms with E-state index in [1.54, 1.807) is 0 Å². The Bertz CT molecular complexity index is 1040. The summed E-state index contributed by atoms with van der Waals surface area (Å²) in [5, 5.41) is 0. The molecule has 0 fully saturated rings. The number of rotatable bonds is 58. The van der Waals surface area contributed by atoms with Gasteiger partial charge in [0.05, 0.1) is 0 Å². The van der Waals surface area contributed by atoms with E-state index < -0.39 is 6.10 Å². The molecule has 0 bridgehead atoms. The Morgan fingerprint density at radius 2 is 0.559 bits per heavy atom. The molecule has 68 heavy (non-hydrogen) atoms. The molecule has 0 saturated heterocycles. The van der Waals surface area contributed by atoms with Crippen LogP contribution in [-0.2, 0) is 23.8 Å². The van der Waals surface area contributed by atoms with Crippen LogP contribution < -0.4 is 0 Å². The maximum Gasteiger partial charge on any atom is 0.305 e. The van der Waals surface area contributed by atoms with E-state index in [2.05, 4.69) is 45.1 Å². The number of carbonyl (C=O) groups excluding carboxylic acids is 2. The lowest BCUT2D eigenvalue weighted by Crippen LogP contribution is -2.29. The van der Waals surface area contributed by atoms with E-state index in [0.717, 1.165) is 57.8 Å². The number of esters is 2. The van der Waals surface area contributed by atoms with Gasteiger partial charge in [-0.15, -0.1) is 0 Å². The van der Waals surface area contributed by atoms with Crippen molar-refractivity contribution < 1.29 is 23.8 Å². The van der Waals surface area contributed by atoms with Crippen molar-refractivity contribution in [3.05, 3.63) is 24.3 Å². The molecular weight excluding hydrogens is 837 g/mol. The third-order valence-corrected chi connectivity index (χ3v) is 14.0. The van der Waals surface area contributed by atoms with Crippen molar-refractivity contribution in [2.75, 3.05) is 19.8 Å². The lowest BCUT2D eigenvalue weighted by molar-refractivity contribution is -0.155. The van der Waals surface area contributed by atoms with Crippen LogP contribution in [0.5, 0.6) is 0 Å². The Labute approximate surface area is 426 Å². The van der Waals surface area contributed by atoms with E-state index >= 15 is 0 Å². The van der Waals surface area contributed by atoms with Crippen LogP contribution >= 0.6 is 0 Å². The predicted octanol–water partition coefficient (Wildman–Crippen LogP) is 21.1. The summed E-state index contributed by atoms with van der Waals surface area (Å²) in [5.41, 5.74) is 0. The number of hydrogen-bond donors (Lipinski definition) is 0. The van der Waals surface area contributed by atoms with Gasteiger partial charge in [0, 0.05) is 19.4 Å². The molecule has 0 aromatic heterocycles. The smallest absolute Gasteiger partial charge is 0.305 e. The fourth-order valence-electron chi connectivity index (χ4n) is 9.34. The van der Waals surface area contributed by atoms with Gasteiger partial charge in [0.25, 0.3) is 0 Å². The minimum atomic E-state index is -0.399. The van der Waals surface area contributed by atoms with Gasteiger partial charge in [0.2, 0.25) is 0 Å². The average molecular weight is 958 g/mol. The third-order valence-electron chi connectivity index (χ3n) is 14.0. The molecule has 0 aliphatic rings. The minimum Gasteiger partial charge on any atom is -0.463 e. The summed E-state index contributed by atoms with van der Waals surface area (Å²) in [7, 11) is 0. The highest BCUT2D eigenvalue weighted by molar-refractivity contribution is 5.69.